The lowest BCUT2D eigenvalue weighted by Gasteiger charge is -2.05. The zero-order valence-electron chi connectivity index (χ0n) is 9.11. The van der Waals surface area contributed by atoms with Crippen LogP contribution in [0.4, 0.5) is 0 Å². The quantitative estimate of drug-likeness (QED) is 0.810. The van der Waals surface area contributed by atoms with Gasteiger partial charge in [-0.25, -0.2) is 0 Å². The summed E-state index contributed by atoms with van der Waals surface area (Å²) in [5.74, 6) is 1.79. The maximum Gasteiger partial charge on any atom is 0.253 e. The third-order valence-corrected chi connectivity index (χ3v) is 3.23. The maximum absolute atomic E-state index is 5.55. The van der Waals surface area contributed by atoms with Crippen molar-refractivity contribution in [2.24, 2.45) is 0 Å². The van der Waals surface area contributed by atoms with Gasteiger partial charge in [0.2, 0.25) is 5.89 Å². The molecule has 6 heteroatoms. The van der Waals surface area contributed by atoms with Crippen LogP contribution in [0, 0.1) is 6.92 Å². The molecule has 0 fully saturated rings. The van der Waals surface area contributed by atoms with Gasteiger partial charge < -0.3 is 9.15 Å². The summed E-state index contributed by atoms with van der Waals surface area (Å²) in [7, 11) is 0. The Kier molecular flexibility index (Phi) is 4.02. The van der Waals surface area contributed by atoms with Crippen molar-refractivity contribution in [2.45, 2.75) is 19.4 Å². The van der Waals surface area contributed by atoms with Crippen molar-refractivity contribution >= 4 is 27.5 Å². The Labute approximate surface area is 112 Å². The number of rotatable bonds is 4. The van der Waals surface area contributed by atoms with Gasteiger partial charge in [0.1, 0.15) is 11.6 Å². The van der Waals surface area contributed by atoms with E-state index in [4.69, 9.17) is 20.8 Å². The smallest absolute Gasteiger partial charge is 0.253 e. The molecule has 0 N–H and O–H groups in total. The molecule has 0 aliphatic rings. The minimum atomic E-state index is 0.213. The monoisotopic (exact) mass is 316 g/mol. The Hall–Kier alpha value is -1.07. The van der Waals surface area contributed by atoms with Crippen LogP contribution in [0.5, 0.6) is 5.75 Å². The molecule has 2 aromatic rings. The third-order valence-electron chi connectivity index (χ3n) is 2.11. The third kappa shape index (κ3) is 3.20. The summed E-state index contributed by atoms with van der Waals surface area (Å²) in [5, 5.41) is 7.55. The van der Waals surface area contributed by atoms with Gasteiger partial charge in [-0.2, -0.15) is 0 Å². The van der Waals surface area contributed by atoms with Gasteiger partial charge in [0.05, 0.1) is 0 Å². The lowest BCUT2D eigenvalue weighted by molar-refractivity contribution is 0.260. The number of benzene rings is 1. The molecule has 1 aromatic carbocycles. The van der Waals surface area contributed by atoms with Crippen molar-refractivity contribution in [3.05, 3.63) is 40.0 Å². The predicted octanol–water partition coefficient (Wildman–Crippen LogP) is 3.46. The van der Waals surface area contributed by atoms with Crippen molar-refractivity contribution in [3.63, 3.8) is 0 Å². The number of aryl methyl sites for hydroxylation is 1. The first kappa shape index (κ1) is 12.4. The molecule has 1 heterocycles. The van der Waals surface area contributed by atoms with Crippen LogP contribution >= 0.6 is 27.5 Å². The second-order valence-electron chi connectivity index (χ2n) is 3.42. The first-order chi connectivity index (χ1) is 8.19. The minimum absolute atomic E-state index is 0.213. The summed E-state index contributed by atoms with van der Waals surface area (Å²) in [6.07, 6.45) is 0. The molecule has 0 amide bonds. The van der Waals surface area contributed by atoms with Crippen LogP contribution in [0.3, 0.4) is 0 Å². The van der Waals surface area contributed by atoms with Gasteiger partial charge >= 0.3 is 0 Å². The van der Waals surface area contributed by atoms with E-state index in [1.807, 2.05) is 25.1 Å². The number of nitrogens with zero attached hydrogens (tertiary/aromatic N) is 2. The molecule has 2 rings (SSSR count). The van der Waals surface area contributed by atoms with E-state index in [0.29, 0.717) is 11.8 Å². The number of alkyl halides is 1. The highest BCUT2D eigenvalue weighted by atomic mass is 79.9. The lowest BCUT2D eigenvalue weighted by atomic mass is 10.2. The molecule has 0 spiro atoms. The van der Waals surface area contributed by atoms with Gasteiger partial charge in [-0.3, -0.25) is 0 Å². The Morgan fingerprint density at radius 3 is 2.76 bits per heavy atom. The standard InChI is InChI=1S/C11H10BrClN2O2/c1-7-4-8(2-3-9(7)12)16-6-11-15-14-10(5-13)17-11/h2-4H,5-6H2,1H3. The lowest BCUT2D eigenvalue weighted by Crippen LogP contribution is -1.96. The molecular weight excluding hydrogens is 307 g/mol. The van der Waals surface area contributed by atoms with Gasteiger partial charge in [0, 0.05) is 4.47 Å². The minimum Gasteiger partial charge on any atom is -0.484 e. The van der Waals surface area contributed by atoms with E-state index >= 15 is 0 Å². The molecule has 0 aliphatic carbocycles. The van der Waals surface area contributed by atoms with Gasteiger partial charge in [-0.15, -0.1) is 21.8 Å². The van der Waals surface area contributed by atoms with Gasteiger partial charge in [-0.05, 0) is 30.7 Å². The molecule has 0 unspecified atom stereocenters. The van der Waals surface area contributed by atoms with Crippen molar-refractivity contribution in [1.82, 2.24) is 10.2 Å². The Morgan fingerprint density at radius 2 is 2.12 bits per heavy atom. The molecule has 0 radical (unpaired) electrons. The van der Waals surface area contributed by atoms with Gasteiger partial charge in [-0.1, -0.05) is 15.9 Å². The molecular formula is C11H10BrClN2O2. The fourth-order valence-electron chi connectivity index (χ4n) is 1.25. The van der Waals surface area contributed by atoms with Crippen LogP contribution in [-0.2, 0) is 12.5 Å². The Morgan fingerprint density at radius 1 is 1.35 bits per heavy atom. The predicted molar refractivity (Wildman–Crippen MR) is 67.1 cm³/mol. The summed E-state index contributed by atoms with van der Waals surface area (Å²) >= 11 is 8.98. The topological polar surface area (TPSA) is 48.2 Å². The number of aromatic nitrogens is 2. The Bertz CT molecular complexity index is 516. The van der Waals surface area contributed by atoms with E-state index in [1.54, 1.807) is 0 Å². The van der Waals surface area contributed by atoms with E-state index < -0.39 is 0 Å². The molecule has 4 nitrogen and oxygen atoms in total. The number of halogens is 2. The highest BCUT2D eigenvalue weighted by molar-refractivity contribution is 9.10. The van der Waals surface area contributed by atoms with E-state index in [0.717, 1.165) is 15.8 Å². The zero-order chi connectivity index (χ0) is 12.3. The molecule has 90 valence electrons. The van der Waals surface area contributed by atoms with Crippen molar-refractivity contribution in [2.75, 3.05) is 0 Å². The molecule has 0 saturated carbocycles. The van der Waals surface area contributed by atoms with Gasteiger partial charge in [0.25, 0.3) is 5.89 Å². The van der Waals surface area contributed by atoms with E-state index in [1.165, 1.54) is 0 Å². The Balaban J connectivity index is 1.99. The van der Waals surface area contributed by atoms with Crippen LogP contribution in [0.25, 0.3) is 0 Å². The van der Waals surface area contributed by atoms with Crippen molar-refractivity contribution in [1.29, 1.82) is 0 Å². The van der Waals surface area contributed by atoms with Crippen LogP contribution < -0.4 is 4.74 Å². The van der Waals surface area contributed by atoms with E-state index in [-0.39, 0.29) is 12.5 Å². The van der Waals surface area contributed by atoms with E-state index in [2.05, 4.69) is 26.1 Å². The first-order valence-electron chi connectivity index (χ1n) is 4.95. The average Bonchev–Trinajstić information content (AvgIpc) is 2.79. The largest absolute Gasteiger partial charge is 0.484 e. The SMILES string of the molecule is Cc1cc(OCc2nnc(CCl)o2)ccc1Br. The van der Waals surface area contributed by atoms with Gasteiger partial charge in [0.15, 0.2) is 6.61 Å². The number of hydrogen-bond acceptors (Lipinski definition) is 4. The normalized spacial score (nSPS) is 10.5. The summed E-state index contributed by atoms with van der Waals surface area (Å²) < 4.78 is 11.8. The molecule has 0 saturated heterocycles. The summed E-state index contributed by atoms with van der Waals surface area (Å²) in [6.45, 7) is 2.24. The van der Waals surface area contributed by atoms with Crippen molar-refractivity contribution in [3.8, 4) is 5.75 Å². The first-order valence-corrected chi connectivity index (χ1v) is 6.28. The highest BCUT2D eigenvalue weighted by Crippen LogP contribution is 2.22. The van der Waals surface area contributed by atoms with Crippen LogP contribution in [0.15, 0.2) is 27.1 Å². The fourth-order valence-corrected chi connectivity index (χ4v) is 1.61. The zero-order valence-corrected chi connectivity index (χ0v) is 11.5. The van der Waals surface area contributed by atoms with Crippen molar-refractivity contribution < 1.29 is 9.15 Å². The van der Waals surface area contributed by atoms with Crippen LogP contribution in [-0.4, -0.2) is 10.2 Å². The number of hydrogen-bond donors (Lipinski definition) is 0. The second-order valence-corrected chi connectivity index (χ2v) is 4.54. The molecule has 0 atom stereocenters. The average molecular weight is 318 g/mol. The van der Waals surface area contributed by atoms with E-state index in [9.17, 15) is 0 Å². The fraction of sp³-hybridized carbons (Fsp3) is 0.273. The molecule has 0 aliphatic heterocycles. The summed E-state index contributed by atoms with van der Waals surface area (Å²) in [6, 6.07) is 5.74. The number of ether oxygens (including phenoxy) is 1. The second kappa shape index (κ2) is 5.51. The highest BCUT2D eigenvalue weighted by Gasteiger charge is 2.06. The van der Waals surface area contributed by atoms with Crippen LogP contribution in [0.2, 0.25) is 0 Å². The maximum atomic E-state index is 5.55. The molecule has 1 aromatic heterocycles. The van der Waals surface area contributed by atoms with Crippen LogP contribution in [0.1, 0.15) is 17.3 Å². The summed E-state index contributed by atoms with van der Waals surface area (Å²) in [5.41, 5.74) is 1.11. The molecule has 0 bridgehead atoms. The summed E-state index contributed by atoms with van der Waals surface area (Å²) in [4.78, 5) is 0. The molecule has 17 heavy (non-hydrogen) atoms.